The number of esters is 1. The molecule has 1 amide bonds. The van der Waals surface area contributed by atoms with E-state index in [0.717, 1.165) is 0 Å². The molecule has 0 fully saturated rings. The fraction of sp³-hybridized carbons (Fsp3) is 0.364. The molecule has 0 N–H and O–H groups in total. The second-order valence-corrected chi connectivity index (χ2v) is 4.77. The average molecular weight is 295 g/mol. The van der Waals surface area contributed by atoms with Crippen LogP contribution in [0.4, 0.5) is 0 Å². The SMILES string of the molecule is CCOC(=O)CN(C)C(=O)c1sccc1-n1cnnn1. The van der Waals surface area contributed by atoms with E-state index in [1.807, 2.05) is 0 Å². The predicted octanol–water partition coefficient (Wildman–Crippen LogP) is 0.359. The minimum atomic E-state index is -0.441. The van der Waals surface area contributed by atoms with Gasteiger partial charge < -0.3 is 9.64 Å². The zero-order valence-corrected chi connectivity index (χ0v) is 11.8. The normalized spacial score (nSPS) is 10.3. The molecule has 0 bridgehead atoms. The molecule has 2 heterocycles. The summed E-state index contributed by atoms with van der Waals surface area (Å²) in [5, 5.41) is 12.6. The van der Waals surface area contributed by atoms with Crippen LogP contribution in [0.15, 0.2) is 17.8 Å². The highest BCUT2D eigenvalue weighted by Gasteiger charge is 2.21. The number of likely N-dealkylation sites (N-methyl/N-ethyl adjacent to an activating group) is 1. The van der Waals surface area contributed by atoms with E-state index in [0.29, 0.717) is 10.6 Å². The largest absolute Gasteiger partial charge is 0.465 e. The molecule has 0 spiro atoms. The standard InChI is InChI=1S/C11H13N5O3S/c1-3-19-9(17)6-15(2)11(18)10-8(4-5-20-10)16-7-12-13-14-16/h4-5,7H,3,6H2,1-2H3. The van der Waals surface area contributed by atoms with E-state index >= 15 is 0 Å². The van der Waals surface area contributed by atoms with Crippen LogP contribution in [0, 0.1) is 0 Å². The lowest BCUT2D eigenvalue weighted by molar-refractivity contribution is -0.143. The number of tetrazole rings is 1. The lowest BCUT2D eigenvalue weighted by atomic mass is 10.3. The molecular weight excluding hydrogens is 282 g/mol. The molecule has 2 aromatic rings. The minimum absolute atomic E-state index is 0.0976. The molecule has 0 saturated heterocycles. The van der Waals surface area contributed by atoms with Crippen molar-refractivity contribution in [1.82, 2.24) is 25.1 Å². The van der Waals surface area contributed by atoms with Gasteiger partial charge in [-0.2, -0.15) is 4.68 Å². The number of hydrogen-bond donors (Lipinski definition) is 0. The maximum atomic E-state index is 12.3. The van der Waals surface area contributed by atoms with Crippen LogP contribution in [0.1, 0.15) is 16.6 Å². The summed E-state index contributed by atoms with van der Waals surface area (Å²) >= 11 is 1.26. The third-order valence-corrected chi connectivity index (χ3v) is 3.34. The minimum Gasteiger partial charge on any atom is -0.465 e. The van der Waals surface area contributed by atoms with Gasteiger partial charge in [0.05, 0.1) is 12.3 Å². The first-order valence-electron chi connectivity index (χ1n) is 5.85. The zero-order chi connectivity index (χ0) is 14.5. The van der Waals surface area contributed by atoms with Gasteiger partial charge in [-0.3, -0.25) is 9.59 Å². The highest BCUT2D eigenvalue weighted by atomic mass is 32.1. The van der Waals surface area contributed by atoms with Gasteiger partial charge in [-0.25, -0.2) is 0 Å². The van der Waals surface area contributed by atoms with Crippen molar-refractivity contribution in [3.05, 3.63) is 22.7 Å². The summed E-state index contributed by atoms with van der Waals surface area (Å²) in [4.78, 5) is 25.5. The molecule has 0 aliphatic carbocycles. The van der Waals surface area contributed by atoms with E-state index in [2.05, 4.69) is 15.5 Å². The Hall–Kier alpha value is -2.29. The van der Waals surface area contributed by atoms with Crippen molar-refractivity contribution in [2.45, 2.75) is 6.92 Å². The van der Waals surface area contributed by atoms with Crippen molar-refractivity contribution in [1.29, 1.82) is 0 Å². The number of aromatic nitrogens is 4. The molecular formula is C11H13N5O3S. The van der Waals surface area contributed by atoms with Crippen molar-refractivity contribution in [3.63, 3.8) is 0 Å². The van der Waals surface area contributed by atoms with Crippen LogP contribution < -0.4 is 0 Å². The molecule has 0 saturated carbocycles. The third-order valence-electron chi connectivity index (χ3n) is 2.45. The molecule has 0 aliphatic rings. The van der Waals surface area contributed by atoms with Crippen LogP contribution in [-0.4, -0.2) is 57.2 Å². The van der Waals surface area contributed by atoms with Gasteiger partial charge in [0.1, 0.15) is 17.7 Å². The van der Waals surface area contributed by atoms with E-state index in [4.69, 9.17) is 4.74 Å². The van der Waals surface area contributed by atoms with Gasteiger partial charge in [-0.05, 0) is 28.8 Å². The van der Waals surface area contributed by atoms with Gasteiger partial charge in [0.25, 0.3) is 5.91 Å². The number of carbonyl (C=O) groups excluding carboxylic acids is 2. The molecule has 8 nitrogen and oxygen atoms in total. The Labute approximate surface area is 118 Å². The summed E-state index contributed by atoms with van der Waals surface area (Å²) in [5.74, 6) is -0.720. The Morgan fingerprint density at radius 3 is 2.95 bits per heavy atom. The Morgan fingerprint density at radius 2 is 2.30 bits per heavy atom. The Bertz CT molecular complexity index is 595. The van der Waals surface area contributed by atoms with Gasteiger partial charge >= 0.3 is 5.97 Å². The molecule has 2 aromatic heterocycles. The van der Waals surface area contributed by atoms with Crippen LogP contribution in [0.2, 0.25) is 0 Å². The Balaban J connectivity index is 2.14. The second kappa shape index (κ2) is 6.24. The molecule has 0 radical (unpaired) electrons. The van der Waals surface area contributed by atoms with Crippen LogP contribution in [-0.2, 0) is 9.53 Å². The number of thiophene rings is 1. The Morgan fingerprint density at radius 1 is 1.50 bits per heavy atom. The summed E-state index contributed by atoms with van der Waals surface area (Å²) in [6.07, 6.45) is 1.41. The number of rotatable bonds is 5. The van der Waals surface area contributed by atoms with E-state index in [1.54, 1.807) is 25.4 Å². The van der Waals surface area contributed by atoms with E-state index in [-0.39, 0.29) is 19.1 Å². The number of nitrogens with zero attached hydrogens (tertiary/aromatic N) is 5. The quantitative estimate of drug-likeness (QED) is 0.740. The maximum absolute atomic E-state index is 12.3. The number of amides is 1. The monoisotopic (exact) mass is 295 g/mol. The molecule has 2 rings (SSSR count). The van der Waals surface area contributed by atoms with Gasteiger partial charge in [-0.1, -0.05) is 0 Å². The topological polar surface area (TPSA) is 90.2 Å². The average Bonchev–Trinajstić information content (AvgIpc) is 3.08. The Kier molecular flexibility index (Phi) is 4.41. The molecule has 0 aromatic carbocycles. The van der Waals surface area contributed by atoms with Crippen molar-refractivity contribution in [3.8, 4) is 5.69 Å². The van der Waals surface area contributed by atoms with Crippen molar-refractivity contribution < 1.29 is 14.3 Å². The first-order valence-corrected chi connectivity index (χ1v) is 6.73. The highest BCUT2D eigenvalue weighted by molar-refractivity contribution is 7.12. The fourth-order valence-corrected chi connectivity index (χ4v) is 2.43. The second-order valence-electron chi connectivity index (χ2n) is 3.86. The van der Waals surface area contributed by atoms with Crippen LogP contribution in [0.3, 0.4) is 0 Å². The summed E-state index contributed by atoms with van der Waals surface area (Å²) in [7, 11) is 1.54. The molecule has 0 atom stereocenters. The van der Waals surface area contributed by atoms with Crippen molar-refractivity contribution >= 4 is 23.2 Å². The summed E-state index contributed by atoms with van der Waals surface area (Å²) in [6, 6.07) is 1.74. The summed E-state index contributed by atoms with van der Waals surface area (Å²) in [6.45, 7) is 1.91. The van der Waals surface area contributed by atoms with Crippen LogP contribution >= 0.6 is 11.3 Å². The van der Waals surface area contributed by atoms with Crippen LogP contribution in [0.5, 0.6) is 0 Å². The summed E-state index contributed by atoms with van der Waals surface area (Å²) in [5.41, 5.74) is 0.584. The number of ether oxygens (including phenoxy) is 1. The molecule has 106 valence electrons. The first-order chi connectivity index (χ1) is 9.63. The van der Waals surface area contributed by atoms with Crippen molar-refractivity contribution in [2.75, 3.05) is 20.2 Å². The molecule has 9 heteroatoms. The summed E-state index contributed by atoms with van der Waals surface area (Å²) < 4.78 is 6.22. The van der Waals surface area contributed by atoms with Gasteiger partial charge in [0.15, 0.2) is 0 Å². The van der Waals surface area contributed by atoms with Crippen molar-refractivity contribution in [2.24, 2.45) is 0 Å². The zero-order valence-electron chi connectivity index (χ0n) is 11.0. The van der Waals surface area contributed by atoms with Gasteiger partial charge in [0.2, 0.25) is 0 Å². The molecule has 0 unspecified atom stereocenters. The lowest BCUT2D eigenvalue weighted by Gasteiger charge is -2.15. The molecule has 0 aliphatic heterocycles. The van der Waals surface area contributed by atoms with Gasteiger partial charge in [0, 0.05) is 7.05 Å². The fourth-order valence-electron chi connectivity index (χ4n) is 1.56. The van der Waals surface area contributed by atoms with E-state index < -0.39 is 5.97 Å². The number of carbonyl (C=O) groups is 2. The number of hydrogen-bond acceptors (Lipinski definition) is 7. The highest BCUT2D eigenvalue weighted by Crippen LogP contribution is 2.21. The maximum Gasteiger partial charge on any atom is 0.325 e. The van der Waals surface area contributed by atoms with E-state index in [9.17, 15) is 9.59 Å². The molecule has 20 heavy (non-hydrogen) atoms. The van der Waals surface area contributed by atoms with Gasteiger partial charge in [-0.15, -0.1) is 16.4 Å². The predicted molar refractivity (Wildman–Crippen MR) is 70.6 cm³/mol. The van der Waals surface area contributed by atoms with E-state index in [1.165, 1.54) is 27.2 Å². The first kappa shape index (κ1) is 14.1. The lowest BCUT2D eigenvalue weighted by Crippen LogP contribution is -2.33. The third kappa shape index (κ3) is 2.99. The smallest absolute Gasteiger partial charge is 0.325 e. The van der Waals surface area contributed by atoms with Crippen LogP contribution in [0.25, 0.3) is 5.69 Å².